The van der Waals surface area contributed by atoms with Crippen LogP contribution in [-0.4, -0.2) is 15.5 Å². The largest absolute Gasteiger partial charge is 0.495 e. The van der Waals surface area contributed by atoms with Crippen LogP contribution in [0.2, 0.25) is 0 Å². The molecular weight excluding hydrogens is 346 g/mol. The summed E-state index contributed by atoms with van der Waals surface area (Å²) in [6, 6.07) is 14.3. The van der Waals surface area contributed by atoms with Gasteiger partial charge in [-0.2, -0.15) is 0 Å². The van der Waals surface area contributed by atoms with Crippen LogP contribution in [0.15, 0.2) is 62.5 Å². The summed E-state index contributed by atoms with van der Waals surface area (Å²) in [5.74, 6) is 0.439. The van der Waals surface area contributed by atoms with Crippen molar-refractivity contribution in [2.45, 2.75) is 4.21 Å². The summed E-state index contributed by atoms with van der Waals surface area (Å²) in [7, 11) is -2.15. The number of anilines is 1. The zero-order chi connectivity index (χ0) is 16.7. The number of para-hydroxylation sites is 1. The third-order valence-corrected chi connectivity index (χ3v) is 6.47. The number of furan rings is 1. The van der Waals surface area contributed by atoms with Crippen LogP contribution < -0.4 is 9.46 Å². The highest BCUT2D eigenvalue weighted by molar-refractivity contribution is 7.94. The lowest BCUT2D eigenvalue weighted by molar-refractivity contribution is 0.417. The number of ether oxygens (including phenoxy) is 1. The van der Waals surface area contributed by atoms with Crippen LogP contribution in [-0.2, 0) is 10.0 Å². The van der Waals surface area contributed by atoms with Crippen molar-refractivity contribution in [2.24, 2.45) is 0 Å². The number of benzene rings is 2. The third kappa shape index (κ3) is 2.42. The Balaban J connectivity index is 1.87. The molecule has 0 saturated heterocycles. The van der Waals surface area contributed by atoms with Crippen molar-refractivity contribution >= 4 is 49.0 Å². The molecule has 0 aliphatic carbocycles. The molecule has 0 aliphatic rings. The molecule has 4 aromatic rings. The van der Waals surface area contributed by atoms with E-state index >= 15 is 0 Å². The molecule has 0 saturated carbocycles. The number of rotatable bonds is 4. The molecule has 0 bridgehead atoms. The van der Waals surface area contributed by atoms with Crippen LogP contribution in [0.5, 0.6) is 5.75 Å². The lowest BCUT2D eigenvalue weighted by Gasteiger charge is -2.11. The predicted molar refractivity (Wildman–Crippen MR) is 95.4 cm³/mol. The molecule has 2 heterocycles. The van der Waals surface area contributed by atoms with Gasteiger partial charge < -0.3 is 9.15 Å². The summed E-state index contributed by atoms with van der Waals surface area (Å²) in [4.78, 5) is 0. The summed E-state index contributed by atoms with van der Waals surface area (Å²) in [6.45, 7) is 0. The van der Waals surface area contributed by atoms with Gasteiger partial charge in [-0.1, -0.05) is 24.3 Å². The van der Waals surface area contributed by atoms with Gasteiger partial charge in [0.25, 0.3) is 10.0 Å². The van der Waals surface area contributed by atoms with Crippen molar-refractivity contribution in [3.8, 4) is 5.75 Å². The molecule has 0 amide bonds. The number of nitrogens with one attached hydrogen (secondary N) is 1. The second-order valence-corrected chi connectivity index (χ2v) is 8.04. The predicted octanol–water partition coefficient (Wildman–Crippen LogP) is 4.46. The van der Waals surface area contributed by atoms with Crippen LogP contribution >= 0.6 is 11.3 Å². The number of hydrogen-bond acceptors (Lipinski definition) is 5. The fourth-order valence-corrected chi connectivity index (χ4v) is 4.67. The van der Waals surface area contributed by atoms with Crippen LogP contribution in [0.3, 0.4) is 0 Å². The van der Waals surface area contributed by atoms with Gasteiger partial charge in [-0.15, -0.1) is 11.3 Å². The van der Waals surface area contributed by atoms with Crippen molar-refractivity contribution in [3.63, 3.8) is 0 Å². The molecular formula is C17H13NO4S2. The fraction of sp³-hybridized carbons (Fsp3) is 0.0588. The minimum Gasteiger partial charge on any atom is -0.495 e. The SMILES string of the molecule is COc1cc2c(cc1NS(=O)(=O)c1cccs1)oc1ccccc12. The highest BCUT2D eigenvalue weighted by Crippen LogP contribution is 2.37. The molecule has 0 atom stereocenters. The van der Waals surface area contributed by atoms with Crippen LogP contribution in [0.4, 0.5) is 5.69 Å². The Morgan fingerprint density at radius 2 is 1.88 bits per heavy atom. The van der Waals surface area contributed by atoms with E-state index in [0.29, 0.717) is 17.0 Å². The second kappa shape index (κ2) is 5.54. The third-order valence-electron chi connectivity index (χ3n) is 3.70. The van der Waals surface area contributed by atoms with Crippen LogP contribution in [0, 0.1) is 0 Å². The van der Waals surface area contributed by atoms with Crippen molar-refractivity contribution in [3.05, 3.63) is 53.9 Å². The monoisotopic (exact) mass is 359 g/mol. The first-order chi connectivity index (χ1) is 11.6. The van der Waals surface area contributed by atoms with E-state index in [9.17, 15) is 8.42 Å². The molecule has 0 unspecified atom stereocenters. The molecule has 0 fully saturated rings. The highest BCUT2D eigenvalue weighted by Gasteiger charge is 2.19. The quantitative estimate of drug-likeness (QED) is 0.584. The zero-order valence-electron chi connectivity index (χ0n) is 12.6. The Hall–Kier alpha value is -2.51. The molecule has 2 aromatic heterocycles. The summed E-state index contributed by atoms with van der Waals surface area (Å²) in [5.41, 5.74) is 1.69. The van der Waals surface area contributed by atoms with Crippen molar-refractivity contribution in [1.29, 1.82) is 0 Å². The number of thiophene rings is 1. The first-order valence-electron chi connectivity index (χ1n) is 7.14. The van der Waals surface area contributed by atoms with E-state index in [1.807, 2.05) is 24.3 Å². The molecule has 0 spiro atoms. The average Bonchev–Trinajstić information content (AvgIpc) is 3.21. The van der Waals surface area contributed by atoms with E-state index in [2.05, 4.69) is 4.72 Å². The minimum atomic E-state index is -3.65. The number of hydrogen-bond donors (Lipinski definition) is 1. The van der Waals surface area contributed by atoms with Gasteiger partial charge in [-0.3, -0.25) is 4.72 Å². The fourth-order valence-electron chi connectivity index (χ4n) is 2.61. The van der Waals surface area contributed by atoms with Crippen molar-refractivity contribution in [1.82, 2.24) is 0 Å². The average molecular weight is 359 g/mol. The van der Waals surface area contributed by atoms with Gasteiger partial charge in [-0.05, 0) is 23.6 Å². The lowest BCUT2D eigenvalue weighted by atomic mass is 10.1. The van der Waals surface area contributed by atoms with Crippen molar-refractivity contribution in [2.75, 3.05) is 11.8 Å². The first kappa shape index (κ1) is 15.0. The Bertz CT molecular complexity index is 1130. The van der Waals surface area contributed by atoms with E-state index in [0.717, 1.165) is 27.7 Å². The Kier molecular flexibility index (Phi) is 3.47. The number of methoxy groups -OCH3 is 1. The van der Waals surface area contributed by atoms with E-state index in [1.54, 1.807) is 29.6 Å². The number of fused-ring (bicyclic) bond motifs is 3. The minimum absolute atomic E-state index is 0.245. The molecule has 5 nitrogen and oxygen atoms in total. The smallest absolute Gasteiger partial charge is 0.271 e. The van der Waals surface area contributed by atoms with E-state index in [1.165, 1.54) is 7.11 Å². The zero-order valence-corrected chi connectivity index (χ0v) is 14.3. The molecule has 24 heavy (non-hydrogen) atoms. The molecule has 0 aliphatic heterocycles. The maximum atomic E-state index is 12.5. The normalized spacial score (nSPS) is 11.9. The highest BCUT2D eigenvalue weighted by atomic mass is 32.2. The van der Waals surface area contributed by atoms with Gasteiger partial charge in [0.2, 0.25) is 0 Å². The van der Waals surface area contributed by atoms with Crippen LogP contribution in [0.1, 0.15) is 0 Å². The second-order valence-electron chi connectivity index (χ2n) is 5.18. The summed E-state index contributed by atoms with van der Waals surface area (Å²) < 4.78 is 38.9. The summed E-state index contributed by atoms with van der Waals surface area (Å²) in [6.07, 6.45) is 0. The molecule has 2 aromatic carbocycles. The number of sulfonamides is 1. The van der Waals surface area contributed by atoms with Gasteiger partial charge in [-0.25, -0.2) is 8.42 Å². The molecule has 122 valence electrons. The molecule has 1 N–H and O–H groups in total. The standard InChI is InChI=1S/C17H13NO4S2/c1-21-16-9-12-11-5-2-3-6-14(11)22-15(12)10-13(16)18-24(19,20)17-7-4-8-23-17/h2-10,18H,1H3. The Labute approximate surface area is 142 Å². The Morgan fingerprint density at radius 1 is 1.04 bits per heavy atom. The van der Waals surface area contributed by atoms with Crippen LogP contribution in [0.25, 0.3) is 21.9 Å². The lowest BCUT2D eigenvalue weighted by Crippen LogP contribution is -2.12. The molecule has 7 heteroatoms. The van der Waals surface area contributed by atoms with E-state index in [-0.39, 0.29) is 4.21 Å². The van der Waals surface area contributed by atoms with E-state index in [4.69, 9.17) is 9.15 Å². The van der Waals surface area contributed by atoms with E-state index < -0.39 is 10.0 Å². The topological polar surface area (TPSA) is 68.5 Å². The van der Waals surface area contributed by atoms with Crippen molar-refractivity contribution < 1.29 is 17.6 Å². The summed E-state index contributed by atoms with van der Waals surface area (Å²) in [5, 5.41) is 3.55. The summed E-state index contributed by atoms with van der Waals surface area (Å²) >= 11 is 1.16. The van der Waals surface area contributed by atoms with Gasteiger partial charge in [0, 0.05) is 16.8 Å². The molecule has 4 rings (SSSR count). The molecule has 0 radical (unpaired) electrons. The maximum Gasteiger partial charge on any atom is 0.271 e. The van der Waals surface area contributed by atoms with Gasteiger partial charge in [0.05, 0.1) is 12.8 Å². The Morgan fingerprint density at radius 3 is 2.62 bits per heavy atom. The van der Waals surface area contributed by atoms with Gasteiger partial charge in [0.15, 0.2) is 0 Å². The van der Waals surface area contributed by atoms with Gasteiger partial charge >= 0.3 is 0 Å². The van der Waals surface area contributed by atoms with Gasteiger partial charge in [0.1, 0.15) is 21.1 Å². The maximum absolute atomic E-state index is 12.5. The first-order valence-corrected chi connectivity index (χ1v) is 9.50.